The molecule has 0 fully saturated rings. The zero-order valence-corrected chi connectivity index (χ0v) is 14.3. The second-order valence-corrected chi connectivity index (χ2v) is 6.66. The third-order valence-electron chi connectivity index (χ3n) is 3.57. The maximum Gasteiger partial charge on any atom is 0.316 e. The number of thiazole rings is 1. The lowest BCUT2D eigenvalue weighted by molar-refractivity contribution is -0.116. The molecule has 128 valence electrons. The van der Waals surface area contributed by atoms with Gasteiger partial charge in [0.2, 0.25) is 5.91 Å². The number of benzene rings is 2. The first-order chi connectivity index (χ1) is 12.1. The standard InChI is InChI=1S/C18H18N4O2S/c19-18(24)21-13-10-8-12(9-11-13)20-16(23)6-3-7-17-22-14-4-1-2-5-15(14)25-17/h1-2,4-5,8-11H,3,6-7H2,(H,20,23)(H3,19,21,24). The zero-order valence-electron chi connectivity index (χ0n) is 13.5. The molecule has 25 heavy (non-hydrogen) atoms. The van der Waals surface area contributed by atoms with Gasteiger partial charge in [-0.05, 0) is 49.2 Å². The number of carbonyl (C=O) groups is 2. The second-order valence-electron chi connectivity index (χ2n) is 5.54. The van der Waals surface area contributed by atoms with Crippen molar-refractivity contribution in [3.8, 4) is 0 Å². The van der Waals surface area contributed by atoms with Crippen LogP contribution in [-0.2, 0) is 11.2 Å². The maximum atomic E-state index is 12.0. The Labute approximate surface area is 149 Å². The van der Waals surface area contributed by atoms with Crippen molar-refractivity contribution in [2.75, 3.05) is 10.6 Å². The Kier molecular flexibility index (Phi) is 5.25. The number of aromatic nitrogens is 1. The van der Waals surface area contributed by atoms with Crippen LogP contribution in [0.15, 0.2) is 48.5 Å². The first kappa shape index (κ1) is 16.9. The Morgan fingerprint density at radius 3 is 2.36 bits per heavy atom. The third kappa shape index (κ3) is 4.77. The molecule has 0 aliphatic heterocycles. The molecule has 0 radical (unpaired) electrons. The predicted molar refractivity (Wildman–Crippen MR) is 101 cm³/mol. The second kappa shape index (κ2) is 7.76. The highest BCUT2D eigenvalue weighted by Gasteiger charge is 2.06. The number of amides is 3. The number of nitrogens with two attached hydrogens (primary N) is 1. The minimum atomic E-state index is -0.619. The van der Waals surface area contributed by atoms with E-state index in [9.17, 15) is 9.59 Å². The van der Waals surface area contributed by atoms with E-state index in [1.54, 1.807) is 35.6 Å². The molecule has 2 aromatic carbocycles. The summed E-state index contributed by atoms with van der Waals surface area (Å²) in [5.41, 5.74) is 7.32. The van der Waals surface area contributed by atoms with Crippen molar-refractivity contribution in [3.05, 3.63) is 53.5 Å². The molecule has 0 aliphatic carbocycles. The smallest absolute Gasteiger partial charge is 0.316 e. The Morgan fingerprint density at radius 1 is 1.00 bits per heavy atom. The van der Waals surface area contributed by atoms with Crippen LogP contribution < -0.4 is 16.4 Å². The Bertz CT molecular complexity index is 856. The van der Waals surface area contributed by atoms with Gasteiger partial charge < -0.3 is 16.4 Å². The monoisotopic (exact) mass is 354 g/mol. The number of rotatable bonds is 6. The van der Waals surface area contributed by atoms with Gasteiger partial charge >= 0.3 is 6.03 Å². The topological polar surface area (TPSA) is 97.1 Å². The van der Waals surface area contributed by atoms with E-state index in [1.807, 2.05) is 18.2 Å². The molecule has 0 saturated heterocycles. The molecule has 0 aliphatic rings. The summed E-state index contributed by atoms with van der Waals surface area (Å²) >= 11 is 1.67. The van der Waals surface area contributed by atoms with Gasteiger partial charge in [0.15, 0.2) is 0 Å². The highest BCUT2D eigenvalue weighted by Crippen LogP contribution is 2.22. The van der Waals surface area contributed by atoms with Gasteiger partial charge in [-0.1, -0.05) is 12.1 Å². The molecule has 4 N–H and O–H groups in total. The van der Waals surface area contributed by atoms with Crippen LogP contribution in [0.5, 0.6) is 0 Å². The Morgan fingerprint density at radius 2 is 1.68 bits per heavy atom. The number of para-hydroxylation sites is 1. The molecule has 7 heteroatoms. The van der Waals surface area contributed by atoms with Gasteiger partial charge in [0.1, 0.15) is 0 Å². The number of nitrogens with one attached hydrogen (secondary N) is 2. The fourth-order valence-electron chi connectivity index (χ4n) is 2.43. The lowest BCUT2D eigenvalue weighted by Crippen LogP contribution is -2.19. The predicted octanol–water partition coefficient (Wildman–Crippen LogP) is 3.75. The highest BCUT2D eigenvalue weighted by atomic mass is 32.1. The summed E-state index contributed by atoms with van der Waals surface area (Å²) in [7, 11) is 0. The van der Waals surface area contributed by atoms with E-state index in [0.717, 1.165) is 23.4 Å². The van der Waals surface area contributed by atoms with Crippen molar-refractivity contribution in [1.29, 1.82) is 0 Å². The van der Waals surface area contributed by atoms with Gasteiger partial charge in [-0.15, -0.1) is 11.3 Å². The number of nitrogens with zero attached hydrogens (tertiary/aromatic N) is 1. The van der Waals surface area contributed by atoms with E-state index in [4.69, 9.17) is 5.73 Å². The Balaban J connectivity index is 1.46. The number of anilines is 2. The maximum absolute atomic E-state index is 12.0. The highest BCUT2D eigenvalue weighted by molar-refractivity contribution is 7.18. The molecule has 0 atom stereocenters. The Hall–Kier alpha value is -2.93. The van der Waals surface area contributed by atoms with Crippen LogP contribution >= 0.6 is 11.3 Å². The molecule has 6 nitrogen and oxygen atoms in total. The molecule has 1 aromatic heterocycles. The lowest BCUT2D eigenvalue weighted by atomic mass is 10.2. The van der Waals surface area contributed by atoms with Gasteiger partial charge in [0.25, 0.3) is 0 Å². The number of urea groups is 1. The molecular formula is C18H18N4O2S. The van der Waals surface area contributed by atoms with E-state index < -0.39 is 6.03 Å². The number of hydrogen-bond donors (Lipinski definition) is 3. The number of aryl methyl sites for hydroxylation is 1. The summed E-state index contributed by atoms with van der Waals surface area (Å²) < 4.78 is 1.17. The zero-order chi connectivity index (χ0) is 17.6. The molecular weight excluding hydrogens is 336 g/mol. The SMILES string of the molecule is NC(=O)Nc1ccc(NC(=O)CCCc2nc3ccccc3s2)cc1. The minimum absolute atomic E-state index is 0.0447. The average Bonchev–Trinajstić information content (AvgIpc) is 2.99. The largest absolute Gasteiger partial charge is 0.351 e. The van der Waals surface area contributed by atoms with E-state index in [2.05, 4.69) is 21.7 Å². The fraction of sp³-hybridized carbons (Fsp3) is 0.167. The number of carbonyl (C=O) groups excluding carboxylic acids is 2. The first-order valence-electron chi connectivity index (χ1n) is 7.91. The van der Waals surface area contributed by atoms with Crippen molar-refractivity contribution in [2.24, 2.45) is 5.73 Å². The molecule has 0 unspecified atom stereocenters. The average molecular weight is 354 g/mol. The summed E-state index contributed by atoms with van der Waals surface area (Å²) in [5, 5.41) is 6.36. The van der Waals surface area contributed by atoms with Crippen molar-refractivity contribution in [3.63, 3.8) is 0 Å². The molecule has 1 heterocycles. The van der Waals surface area contributed by atoms with E-state index in [1.165, 1.54) is 4.70 Å². The van der Waals surface area contributed by atoms with E-state index >= 15 is 0 Å². The molecule has 3 rings (SSSR count). The lowest BCUT2D eigenvalue weighted by Gasteiger charge is -2.06. The van der Waals surface area contributed by atoms with Crippen LogP contribution in [0.2, 0.25) is 0 Å². The number of fused-ring (bicyclic) bond motifs is 1. The summed E-state index contributed by atoms with van der Waals surface area (Å²) in [6.45, 7) is 0. The molecule has 0 saturated carbocycles. The van der Waals surface area contributed by atoms with Gasteiger partial charge in [-0.3, -0.25) is 4.79 Å². The van der Waals surface area contributed by atoms with Crippen molar-refractivity contribution >= 4 is 44.9 Å². The van der Waals surface area contributed by atoms with E-state index in [-0.39, 0.29) is 5.91 Å². The van der Waals surface area contributed by atoms with Gasteiger partial charge in [-0.25, -0.2) is 9.78 Å². The van der Waals surface area contributed by atoms with Crippen LogP contribution in [0.3, 0.4) is 0 Å². The van der Waals surface area contributed by atoms with Crippen molar-refractivity contribution in [2.45, 2.75) is 19.3 Å². The number of hydrogen-bond acceptors (Lipinski definition) is 4. The summed E-state index contributed by atoms with van der Waals surface area (Å²) in [6, 6.07) is 14.2. The van der Waals surface area contributed by atoms with Crippen molar-refractivity contribution in [1.82, 2.24) is 4.98 Å². The van der Waals surface area contributed by atoms with Gasteiger partial charge in [-0.2, -0.15) is 0 Å². The van der Waals surface area contributed by atoms with Crippen LogP contribution in [0.1, 0.15) is 17.8 Å². The van der Waals surface area contributed by atoms with Crippen LogP contribution in [-0.4, -0.2) is 16.9 Å². The minimum Gasteiger partial charge on any atom is -0.351 e. The summed E-state index contributed by atoms with van der Waals surface area (Å²) in [5.74, 6) is -0.0447. The third-order valence-corrected chi connectivity index (χ3v) is 4.67. The summed E-state index contributed by atoms with van der Waals surface area (Å²) in [4.78, 5) is 27.3. The molecule has 0 spiro atoms. The quantitative estimate of drug-likeness (QED) is 0.629. The number of primary amides is 1. The summed E-state index contributed by atoms with van der Waals surface area (Å²) in [6.07, 6.45) is 1.96. The van der Waals surface area contributed by atoms with Crippen LogP contribution in [0.4, 0.5) is 16.2 Å². The first-order valence-corrected chi connectivity index (χ1v) is 8.72. The molecule has 3 amide bonds. The van der Waals surface area contributed by atoms with Crippen molar-refractivity contribution < 1.29 is 9.59 Å². The van der Waals surface area contributed by atoms with Crippen LogP contribution in [0, 0.1) is 0 Å². The normalized spacial score (nSPS) is 10.6. The molecule has 0 bridgehead atoms. The molecule has 3 aromatic rings. The van der Waals surface area contributed by atoms with Gasteiger partial charge in [0, 0.05) is 17.8 Å². The van der Waals surface area contributed by atoms with E-state index in [0.29, 0.717) is 17.8 Å². The van der Waals surface area contributed by atoms with Gasteiger partial charge in [0.05, 0.1) is 15.2 Å². The fourth-order valence-corrected chi connectivity index (χ4v) is 3.44. The van der Waals surface area contributed by atoms with Crippen LogP contribution in [0.25, 0.3) is 10.2 Å².